The Bertz CT molecular complexity index is 636. The van der Waals surface area contributed by atoms with E-state index in [2.05, 4.69) is 4.74 Å². The second-order valence-corrected chi connectivity index (χ2v) is 8.35. The molecule has 5 atom stereocenters. The number of hydrogen-bond acceptors (Lipinski definition) is 8. The molecule has 0 aromatic heterocycles. The molecule has 0 aromatic carbocycles. The highest BCUT2D eigenvalue weighted by Gasteiger charge is 2.65. The van der Waals surface area contributed by atoms with E-state index in [-0.39, 0.29) is 11.8 Å². The lowest BCUT2D eigenvalue weighted by molar-refractivity contribution is -0.0273. The summed E-state index contributed by atoms with van der Waals surface area (Å²) in [4.78, 5) is 11.3. The molecule has 1 aliphatic heterocycles. The number of rotatable bonds is 3. The maximum Gasteiger partial charge on any atom is 0.509 e. The predicted octanol–water partition coefficient (Wildman–Crippen LogP) is -0.509. The van der Waals surface area contributed by atoms with Crippen molar-refractivity contribution >= 4 is 26.4 Å². The van der Waals surface area contributed by atoms with Crippen LogP contribution in [0.1, 0.15) is 12.8 Å². The van der Waals surface area contributed by atoms with Crippen LogP contribution in [-0.2, 0) is 33.9 Å². The molecule has 2 aliphatic carbocycles. The first kappa shape index (κ1) is 14.0. The molecule has 2 saturated carbocycles. The zero-order chi connectivity index (χ0) is 14.7. The number of carbonyl (C=O) groups excluding carboxylic acids is 1. The van der Waals surface area contributed by atoms with Crippen molar-refractivity contribution in [2.75, 3.05) is 5.94 Å². The number of ether oxygens (including phenoxy) is 2. The van der Waals surface area contributed by atoms with Gasteiger partial charge in [0.1, 0.15) is 12.2 Å². The molecule has 3 fully saturated rings. The summed E-state index contributed by atoms with van der Waals surface area (Å²) in [5, 5.41) is -0.536. The van der Waals surface area contributed by atoms with E-state index in [0.29, 0.717) is 12.8 Å². The van der Waals surface area contributed by atoms with Gasteiger partial charge in [0.05, 0.1) is 5.25 Å². The van der Waals surface area contributed by atoms with E-state index in [1.54, 1.807) is 0 Å². The van der Waals surface area contributed by atoms with Gasteiger partial charge in [-0.1, -0.05) is 0 Å². The molecule has 0 radical (unpaired) electrons. The van der Waals surface area contributed by atoms with Crippen LogP contribution in [0.4, 0.5) is 4.79 Å². The molecule has 9 nitrogen and oxygen atoms in total. The molecule has 2 bridgehead atoms. The fourth-order valence-electron chi connectivity index (χ4n) is 3.31. The normalized spacial score (nSPS) is 40.8. The summed E-state index contributed by atoms with van der Waals surface area (Å²) in [7, 11) is -8.05. The number of fused-ring (bicyclic) bond motifs is 1. The van der Waals surface area contributed by atoms with Crippen molar-refractivity contribution in [1.82, 2.24) is 0 Å². The maximum absolute atomic E-state index is 11.7. The topological polar surface area (TPSA) is 133 Å². The Kier molecular flexibility index (Phi) is 3.01. The molecular formula is C9H12O9S2. The van der Waals surface area contributed by atoms with E-state index >= 15 is 0 Å². The number of carbonyl (C=O) groups is 1. The van der Waals surface area contributed by atoms with Gasteiger partial charge in [-0.3, -0.25) is 8.74 Å². The SMILES string of the molecule is O=C(OCS(=O)(=O)O)OC1C2CC3C1OS(=O)(=O)C3C2. The van der Waals surface area contributed by atoms with E-state index in [1.807, 2.05) is 0 Å². The zero-order valence-corrected chi connectivity index (χ0v) is 11.7. The quantitative estimate of drug-likeness (QED) is 0.413. The third-order valence-corrected chi connectivity index (χ3v) is 6.16. The van der Waals surface area contributed by atoms with Crippen LogP contribution in [0.2, 0.25) is 0 Å². The molecule has 3 aliphatic rings. The summed E-state index contributed by atoms with van der Waals surface area (Å²) in [5.41, 5.74) is 0. The van der Waals surface area contributed by atoms with Crippen LogP contribution in [0.5, 0.6) is 0 Å². The van der Waals surface area contributed by atoms with Gasteiger partial charge >= 0.3 is 16.3 Å². The van der Waals surface area contributed by atoms with E-state index < -0.39 is 49.8 Å². The molecule has 1 N–H and O–H groups in total. The van der Waals surface area contributed by atoms with Crippen LogP contribution in [-0.4, -0.2) is 50.9 Å². The predicted molar refractivity (Wildman–Crippen MR) is 61.6 cm³/mol. The highest BCUT2D eigenvalue weighted by molar-refractivity contribution is 7.87. The van der Waals surface area contributed by atoms with E-state index in [1.165, 1.54) is 0 Å². The largest absolute Gasteiger partial charge is 0.509 e. The van der Waals surface area contributed by atoms with Crippen molar-refractivity contribution in [2.45, 2.75) is 30.3 Å². The first-order chi connectivity index (χ1) is 9.17. The van der Waals surface area contributed by atoms with E-state index in [0.717, 1.165) is 0 Å². The van der Waals surface area contributed by atoms with Gasteiger partial charge in [-0.25, -0.2) is 4.79 Å². The molecule has 1 heterocycles. The van der Waals surface area contributed by atoms with Crippen LogP contribution in [0.15, 0.2) is 0 Å². The van der Waals surface area contributed by atoms with Crippen molar-refractivity contribution in [3.63, 3.8) is 0 Å². The fraction of sp³-hybridized carbons (Fsp3) is 0.889. The summed E-state index contributed by atoms with van der Waals surface area (Å²) in [6.45, 7) is 0. The molecule has 20 heavy (non-hydrogen) atoms. The third kappa shape index (κ3) is 2.28. The maximum atomic E-state index is 11.7. The second-order valence-electron chi connectivity index (χ2n) is 5.16. The Balaban J connectivity index is 1.65. The summed E-state index contributed by atoms with van der Waals surface area (Å²) in [5.74, 6) is -1.53. The highest BCUT2D eigenvalue weighted by Crippen LogP contribution is 2.55. The average molecular weight is 328 g/mol. The minimum Gasteiger partial charge on any atom is -0.428 e. The van der Waals surface area contributed by atoms with Gasteiger partial charge in [0.15, 0.2) is 0 Å². The minimum atomic E-state index is -4.44. The standard InChI is InChI=1S/C9H12O9S2/c10-9(16-3-19(11,12)13)17-7-4-1-5-6(2-4)20(14,15)18-8(5)7/h4-8H,1-3H2,(H,11,12,13). The fourth-order valence-corrected chi connectivity index (χ4v) is 5.44. The second kappa shape index (κ2) is 4.29. The molecule has 1 saturated heterocycles. The molecule has 0 spiro atoms. The van der Waals surface area contributed by atoms with E-state index in [9.17, 15) is 21.6 Å². The average Bonchev–Trinajstić information content (AvgIpc) is 2.89. The first-order valence-corrected chi connectivity index (χ1v) is 8.96. The van der Waals surface area contributed by atoms with Gasteiger partial charge in [0.2, 0.25) is 5.94 Å². The van der Waals surface area contributed by atoms with Gasteiger partial charge < -0.3 is 9.47 Å². The van der Waals surface area contributed by atoms with Crippen molar-refractivity contribution in [2.24, 2.45) is 11.8 Å². The summed E-state index contributed by atoms with van der Waals surface area (Å²) in [6.07, 6.45) is -1.81. The molecule has 11 heteroatoms. The Morgan fingerprint density at radius 3 is 2.70 bits per heavy atom. The van der Waals surface area contributed by atoms with Crippen LogP contribution >= 0.6 is 0 Å². The monoisotopic (exact) mass is 328 g/mol. The van der Waals surface area contributed by atoms with E-state index in [4.69, 9.17) is 13.5 Å². The lowest BCUT2D eigenvalue weighted by atomic mass is 9.94. The van der Waals surface area contributed by atoms with Crippen LogP contribution < -0.4 is 0 Å². The molecule has 0 amide bonds. The smallest absolute Gasteiger partial charge is 0.428 e. The Morgan fingerprint density at radius 2 is 2.05 bits per heavy atom. The Labute approximate surface area is 115 Å². The first-order valence-electron chi connectivity index (χ1n) is 5.88. The van der Waals surface area contributed by atoms with Crippen molar-refractivity contribution in [1.29, 1.82) is 0 Å². The van der Waals surface area contributed by atoms with Crippen LogP contribution in [0.25, 0.3) is 0 Å². The van der Waals surface area contributed by atoms with Crippen LogP contribution in [0, 0.1) is 11.8 Å². The molecule has 0 aromatic rings. The summed E-state index contributed by atoms with van der Waals surface area (Å²) >= 11 is 0. The van der Waals surface area contributed by atoms with Gasteiger partial charge in [-0.2, -0.15) is 16.8 Å². The van der Waals surface area contributed by atoms with Gasteiger partial charge in [0, 0.05) is 11.8 Å². The Morgan fingerprint density at radius 1 is 1.35 bits per heavy atom. The minimum absolute atomic E-state index is 0.134. The summed E-state index contributed by atoms with van der Waals surface area (Å²) in [6, 6.07) is 0. The summed E-state index contributed by atoms with van der Waals surface area (Å²) < 4.78 is 66.8. The van der Waals surface area contributed by atoms with Gasteiger partial charge in [-0.15, -0.1) is 0 Å². The Hall–Kier alpha value is -0.910. The van der Waals surface area contributed by atoms with Crippen LogP contribution in [0.3, 0.4) is 0 Å². The van der Waals surface area contributed by atoms with Crippen molar-refractivity contribution < 1.29 is 39.8 Å². The zero-order valence-electron chi connectivity index (χ0n) is 10.0. The molecular weight excluding hydrogens is 316 g/mol. The van der Waals surface area contributed by atoms with Crippen molar-refractivity contribution in [3.8, 4) is 0 Å². The molecule has 5 unspecified atom stereocenters. The molecule has 3 rings (SSSR count). The number of hydrogen-bond donors (Lipinski definition) is 1. The van der Waals surface area contributed by atoms with Gasteiger partial charge in [0.25, 0.3) is 10.1 Å². The highest BCUT2D eigenvalue weighted by atomic mass is 32.2. The van der Waals surface area contributed by atoms with Crippen molar-refractivity contribution in [3.05, 3.63) is 0 Å². The molecule has 114 valence electrons. The van der Waals surface area contributed by atoms with Gasteiger partial charge in [-0.05, 0) is 12.8 Å². The third-order valence-electron chi connectivity index (χ3n) is 3.97. The lowest BCUT2D eigenvalue weighted by Crippen LogP contribution is -2.37. The lowest BCUT2D eigenvalue weighted by Gasteiger charge is -2.24.